The number of hydrogen-bond donors (Lipinski definition) is 0. The number of ether oxygens (including phenoxy) is 2. The van der Waals surface area contributed by atoms with Crippen LogP contribution in [0.4, 0.5) is 0 Å². The molecule has 2 heteroatoms. The molecule has 0 spiro atoms. The molecule has 7 atom stereocenters. The minimum Gasteiger partial charge on any atom is -0.342 e. The number of fused-ring (bicyclic) bond motifs is 2. The molecule has 0 aromatic heterocycles. The fourth-order valence-electron chi connectivity index (χ4n) is 3.61. The van der Waals surface area contributed by atoms with Crippen LogP contribution in [0.1, 0.15) is 13.3 Å². The van der Waals surface area contributed by atoms with Gasteiger partial charge in [0, 0.05) is 5.92 Å². The molecular weight excluding hydrogens is 212 g/mol. The van der Waals surface area contributed by atoms with E-state index < -0.39 is 0 Å². The molecule has 2 nitrogen and oxygen atoms in total. The summed E-state index contributed by atoms with van der Waals surface area (Å²) in [6, 6.07) is 0. The lowest BCUT2D eigenvalue weighted by atomic mass is 9.84. The van der Waals surface area contributed by atoms with E-state index in [2.05, 4.69) is 32.2 Å². The zero-order chi connectivity index (χ0) is 12.0. The fourth-order valence-corrected chi connectivity index (χ4v) is 3.61. The maximum Gasteiger partial charge on any atom is 0.163 e. The van der Waals surface area contributed by atoms with Crippen LogP contribution in [0, 0.1) is 23.7 Å². The lowest BCUT2D eigenvalue weighted by Gasteiger charge is -2.29. The van der Waals surface area contributed by atoms with Crippen molar-refractivity contribution in [3.05, 3.63) is 37.5 Å². The van der Waals surface area contributed by atoms with Gasteiger partial charge >= 0.3 is 0 Å². The molecule has 3 rings (SSSR count). The van der Waals surface area contributed by atoms with Gasteiger partial charge in [0.2, 0.25) is 0 Å². The monoisotopic (exact) mass is 232 g/mol. The predicted molar refractivity (Wildman–Crippen MR) is 67.3 cm³/mol. The fraction of sp³-hybridized carbons (Fsp3) is 0.600. The van der Waals surface area contributed by atoms with E-state index in [0.717, 1.165) is 5.92 Å². The van der Waals surface area contributed by atoms with Gasteiger partial charge in [-0.1, -0.05) is 31.2 Å². The molecule has 17 heavy (non-hydrogen) atoms. The summed E-state index contributed by atoms with van der Waals surface area (Å²) in [4.78, 5) is 0. The van der Waals surface area contributed by atoms with Crippen molar-refractivity contribution in [2.45, 2.75) is 31.8 Å². The summed E-state index contributed by atoms with van der Waals surface area (Å²) < 4.78 is 12.0. The molecule has 1 aliphatic heterocycles. The van der Waals surface area contributed by atoms with Crippen molar-refractivity contribution in [2.75, 3.05) is 0 Å². The lowest BCUT2D eigenvalue weighted by Crippen LogP contribution is -2.31. The third-order valence-corrected chi connectivity index (χ3v) is 4.61. The van der Waals surface area contributed by atoms with Crippen LogP contribution >= 0.6 is 0 Å². The summed E-state index contributed by atoms with van der Waals surface area (Å²) in [7, 11) is 0. The van der Waals surface area contributed by atoms with Crippen LogP contribution in [-0.2, 0) is 9.47 Å². The molecule has 0 N–H and O–H groups in total. The molecule has 1 saturated carbocycles. The van der Waals surface area contributed by atoms with Gasteiger partial charge in [-0.3, -0.25) is 0 Å². The van der Waals surface area contributed by atoms with Gasteiger partial charge in [0.15, 0.2) is 6.29 Å². The normalized spacial score (nSPS) is 51.9. The minimum absolute atomic E-state index is 0.0344. The van der Waals surface area contributed by atoms with E-state index in [9.17, 15) is 0 Å². The predicted octanol–water partition coefficient (Wildman–Crippen LogP) is 2.93. The first kappa shape index (κ1) is 11.2. The van der Waals surface area contributed by atoms with Crippen LogP contribution in [0.3, 0.4) is 0 Å². The second-order valence-corrected chi connectivity index (χ2v) is 5.43. The third kappa shape index (κ3) is 1.62. The van der Waals surface area contributed by atoms with Crippen molar-refractivity contribution in [3.63, 3.8) is 0 Å². The zero-order valence-corrected chi connectivity index (χ0v) is 10.3. The topological polar surface area (TPSA) is 18.5 Å². The highest BCUT2D eigenvalue weighted by atomic mass is 16.7. The average molecular weight is 232 g/mol. The molecule has 1 heterocycles. The number of hydrogen-bond acceptors (Lipinski definition) is 2. The van der Waals surface area contributed by atoms with Crippen LogP contribution < -0.4 is 0 Å². The van der Waals surface area contributed by atoms with E-state index >= 15 is 0 Å². The van der Waals surface area contributed by atoms with Crippen molar-refractivity contribution in [3.8, 4) is 0 Å². The average Bonchev–Trinajstić information content (AvgIpc) is 3.00. The summed E-state index contributed by atoms with van der Waals surface area (Å²) in [6.07, 6.45) is 9.45. The van der Waals surface area contributed by atoms with E-state index in [-0.39, 0.29) is 18.5 Å². The Morgan fingerprint density at radius 3 is 2.12 bits per heavy atom. The minimum atomic E-state index is -0.0871. The van der Waals surface area contributed by atoms with Crippen LogP contribution in [-0.4, -0.2) is 18.5 Å². The zero-order valence-electron chi connectivity index (χ0n) is 10.3. The highest BCUT2D eigenvalue weighted by molar-refractivity contribution is 5.14. The molecule has 0 amide bonds. The largest absolute Gasteiger partial charge is 0.342 e. The van der Waals surface area contributed by atoms with Crippen molar-refractivity contribution >= 4 is 0 Å². The van der Waals surface area contributed by atoms with Crippen LogP contribution in [0.25, 0.3) is 0 Å². The standard InChI is InChI=1S/C15H20O2/c1-4-12-13(5-2)17-15(16-12)14-9(3)10-6-7-11(14)8-10/h4-7,9-15H,1-2,8H2,3H3/t9-,10+,11-,12-,13+,14+,15?/m0/s1. The van der Waals surface area contributed by atoms with Crippen molar-refractivity contribution in [2.24, 2.45) is 23.7 Å². The third-order valence-electron chi connectivity index (χ3n) is 4.61. The molecule has 1 saturated heterocycles. The van der Waals surface area contributed by atoms with Gasteiger partial charge in [-0.2, -0.15) is 0 Å². The van der Waals surface area contributed by atoms with E-state index in [1.165, 1.54) is 6.42 Å². The Balaban J connectivity index is 1.76. The van der Waals surface area contributed by atoms with Gasteiger partial charge < -0.3 is 9.47 Å². The Kier molecular flexibility index (Phi) is 2.72. The smallest absolute Gasteiger partial charge is 0.163 e. The maximum absolute atomic E-state index is 5.98. The van der Waals surface area contributed by atoms with Gasteiger partial charge in [0.25, 0.3) is 0 Å². The Bertz CT molecular complexity index is 344. The molecule has 1 unspecified atom stereocenters. The van der Waals surface area contributed by atoms with Crippen molar-refractivity contribution in [1.29, 1.82) is 0 Å². The Labute approximate surface area is 103 Å². The van der Waals surface area contributed by atoms with E-state index in [1.54, 1.807) is 0 Å². The molecule has 92 valence electrons. The van der Waals surface area contributed by atoms with Crippen molar-refractivity contribution in [1.82, 2.24) is 0 Å². The highest BCUT2D eigenvalue weighted by Crippen LogP contribution is 2.51. The van der Waals surface area contributed by atoms with Gasteiger partial charge in [0.05, 0.1) is 0 Å². The Morgan fingerprint density at radius 2 is 1.65 bits per heavy atom. The molecule has 2 bridgehead atoms. The van der Waals surface area contributed by atoms with Gasteiger partial charge in [-0.05, 0) is 24.2 Å². The SMILES string of the molecule is C=C[C@@H]1OC([C@@H]2[C@@H](C)[C@@H]3C=C[C@H]2C3)O[C@@H]1C=C. The van der Waals surface area contributed by atoms with Crippen LogP contribution in [0.15, 0.2) is 37.5 Å². The van der Waals surface area contributed by atoms with Gasteiger partial charge in [0.1, 0.15) is 12.2 Å². The van der Waals surface area contributed by atoms with E-state index in [1.807, 2.05) is 12.2 Å². The lowest BCUT2D eigenvalue weighted by molar-refractivity contribution is -0.114. The van der Waals surface area contributed by atoms with E-state index in [0.29, 0.717) is 17.8 Å². The summed E-state index contributed by atoms with van der Waals surface area (Å²) in [5.74, 6) is 2.51. The summed E-state index contributed by atoms with van der Waals surface area (Å²) in [5, 5.41) is 0. The van der Waals surface area contributed by atoms with Gasteiger partial charge in [-0.15, -0.1) is 13.2 Å². The van der Waals surface area contributed by atoms with Crippen LogP contribution in [0.5, 0.6) is 0 Å². The highest BCUT2D eigenvalue weighted by Gasteiger charge is 2.50. The van der Waals surface area contributed by atoms with Crippen molar-refractivity contribution < 1.29 is 9.47 Å². The second-order valence-electron chi connectivity index (χ2n) is 5.43. The molecule has 0 radical (unpaired) electrons. The van der Waals surface area contributed by atoms with E-state index in [4.69, 9.17) is 9.47 Å². The number of allylic oxidation sites excluding steroid dienone is 2. The summed E-state index contributed by atoms with van der Waals surface area (Å²) in [6.45, 7) is 9.92. The first-order valence-electron chi connectivity index (χ1n) is 6.49. The molecule has 3 aliphatic rings. The number of rotatable bonds is 3. The first-order valence-corrected chi connectivity index (χ1v) is 6.49. The summed E-state index contributed by atoms with van der Waals surface area (Å²) >= 11 is 0. The first-order chi connectivity index (χ1) is 8.24. The Hall–Kier alpha value is -0.860. The molecule has 2 aliphatic carbocycles. The van der Waals surface area contributed by atoms with Crippen LogP contribution in [0.2, 0.25) is 0 Å². The quantitative estimate of drug-likeness (QED) is 0.697. The Morgan fingerprint density at radius 1 is 1.06 bits per heavy atom. The molecule has 0 aromatic carbocycles. The molecular formula is C15H20O2. The second kappa shape index (κ2) is 4.11. The molecule has 0 aromatic rings. The summed E-state index contributed by atoms with van der Waals surface area (Å²) in [5.41, 5.74) is 0. The molecule has 2 fully saturated rings. The maximum atomic E-state index is 5.98. The van der Waals surface area contributed by atoms with Gasteiger partial charge in [-0.25, -0.2) is 0 Å².